The van der Waals surface area contributed by atoms with Gasteiger partial charge < -0.3 is 14.6 Å². The molecule has 5 nitrogen and oxygen atoms in total. The summed E-state index contributed by atoms with van der Waals surface area (Å²) in [5.41, 5.74) is 0.396. The van der Waals surface area contributed by atoms with Crippen LogP contribution in [0.2, 0.25) is 0 Å². The number of nitriles is 1. The average molecular weight is 404 g/mol. The highest BCUT2D eigenvalue weighted by atomic mass is 19.3. The van der Waals surface area contributed by atoms with E-state index in [1.807, 2.05) is 24.8 Å². The molecule has 1 aliphatic rings. The standard InChI is InChI=1S/C21H23F3N4O/c1-21(2)10-17(29)16(28-7-6-26-12-28)9-18(21)27(3)14-5-4-13(11-25)15(8-14)19(22)20(23)24/h4-9,12,17-20,29H,10H2,1-3H3. The molecule has 0 aliphatic heterocycles. The fourth-order valence-electron chi connectivity index (χ4n) is 3.92. The van der Waals surface area contributed by atoms with Crippen molar-refractivity contribution in [3.05, 3.63) is 54.1 Å². The van der Waals surface area contributed by atoms with Gasteiger partial charge in [0.25, 0.3) is 6.43 Å². The molecule has 3 unspecified atom stereocenters. The van der Waals surface area contributed by atoms with Crippen LogP contribution in [0.1, 0.15) is 37.6 Å². The monoisotopic (exact) mass is 404 g/mol. The van der Waals surface area contributed by atoms with E-state index in [0.717, 1.165) is 0 Å². The fraction of sp³-hybridized carbons (Fsp3) is 0.429. The third-order valence-electron chi connectivity index (χ3n) is 5.49. The second kappa shape index (κ2) is 7.91. The smallest absolute Gasteiger partial charge is 0.273 e. The molecule has 29 heavy (non-hydrogen) atoms. The van der Waals surface area contributed by atoms with Crippen molar-refractivity contribution in [1.29, 1.82) is 5.26 Å². The van der Waals surface area contributed by atoms with Gasteiger partial charge in [0.1, 0.15) is 0 Å². The summed E-state index contributed by atoms with van der Waals surface area (Å²) in [6.07, 6.45) is 0.902. The molecule has 1 aromatic carbocycles. The molecule has 2 aromatic rings. The molecule has 154 valence electrons. The van der Waals surface area contributed by atoms with Gasteiger partial charge in [0, 0.05) is 30.7 Å². The summed E-state index contributed by atoms with van der Waals surface area (Å²) in [4.78, 5) is 5.87. The molecule has 0 saturated carbocycles. The van der Waals surface area contributed by atoms with Gasteiger partial charge in [-0.15, -0.1) is 0 Å². The molecule has 3 atom stereocenters. The Balaban J connectivity index is 2.03. The first-order valence-corrected chi connectivity index (χ1v) is 9.23. The van der Waals surface area contributed by atoms with Gasteiger partial charge in [-0.2, -0.15) is 5.26 Å². The Bertz CT molecular complexity index is 934. The Morgan fingerprint density at radius 1 is 1.34 bits per heavy atom. The molecule has 0 bridgehead atoms. The van der Waals surface area contributed by atoms with Crippen molar-refractivity contribution in [3.8, 4) is 6.07 Å². The van der Waals surface area contributed by atoms with E-state index >= 15 is 0 Å². The van der Waals surface area contributed by atoms with E-state index in [1.165, 1.54) is 12.1 Å². The molecule has 0 amide bonds. The Hall–Kier alpha value is -2.79. The first-order chi connectivity index (χ1) is 13.7. The number of imidazole rings is 1. The van der Waals surface area contributed by atoms with E-state index in [4.69, 9.17) is 5.26 Å². The van der Waals surface area contributed by atoms with Crippen molar-refractivity contribution >= 4 is 11.4 Å². The number of nitrogens with zero attached hydrogens (tertiary/aromatic N) is 4. The highest BCUT2D eigenvalue weighted by Crippen LogP contribution is 2.41. The minimum Gasteiger partial charge on any atom is -0.387 e. The zero-order valence-corrected chi connectivity index (χ0v) is 16.4. The average Bonchev–Trinajstić information content (AvgIpc) is 3.20. The van der Waals surface area contributed by atoms with Crippen LogP contribution in [0.5, 0.6) is 0 Å². The molecule has 0 saturated heterocycles. The van der Waals surface area contributed by atoms with Crippen molar-refractivity contribution in [1.82, 2.24) is 9.55 Å². The van der Waals surface area contributed by atoms with Gasteiger partial charge in [-0.05, 0) is 36.1 Å². The lowest BCUT2D eigenvalue weighted by Crippen LogP contribution is -2.47. The van der Waals surface area contributed by atoms with Gasteiger partial charge in [0.05, 0.1) is 35.8 Å². The van der Waals surface area contributed by atoms with E-state index in [9.17, 15) is 18.3 Å². The number of benzene rings is 1. The van der Waals surface area contributed by atoms with Crippen LogP contribution in [-0.4, -0.2) is 40.3 Å². The van der Waals surface area contributed by atoms with Crippen molar-refractivity contribution < 1.29 is 18.3 Å². The third kappa shape index (κ3) is 4.01. The maximum Gasteiger partial charge on any atom is 0.273 e. The van der Waals surface area contributed by atoms with Gasteiger partial charge in [-0.3, -0.25) is 0 Å². The van der Waals surface area contributed by atoms with Gasteiger partial charge in [0.15, 0.2) is 6.17 Å². The van der Waals surface area contributed by atoms with Crippen LogP contribution >= 0.6 is 0 Å². The second-order valence-corrected chi connectivity index (χ2v) is 7.95. The van der Waals surface area contributed by atoms with Gasteiger partial charge in [0.2, 0.25) is 0 Å². The van der Waals surface area contributed by atoms with Crippen LogP contribution in [0.4, 0.5) is 18.9 Å². The van der Waals surface area contributed by atoms with Crippen LogP contribution in [0.25, 0.3) is 5.70 Å². The van der Waals surface area contributed by atoms with Gasteiger partial charge >= 0.3 is 0 Å². The molecule has 8 heteroatoms. The van der Waals surface area contributed by atoms with Crippen molar-refractivity contribution in [2.24, 2.45) is 5.41 Å². The number of aromatic nitrogens is 2. The minimum atomic E-state index is -3.21. The van der Waals surface area contributed by atoms with E-state index in [-0.39, 0.29) is 22.6 Å². The number of aliphatic hydroxyl groups excluding tert-OH is 1. The molecule has 1 N–H and O–H groups in total. The number of rotatable bonds is 5. The van der Waals surface area contributed by atoms with Crippen molar-refractivity contribution in [2.75, 3.05) is 11.9 Å². The molecule has 1 heterocycles. The number of aliphatic hydroxyl groups is 1. The lowest BCUT2D eigenvalue weighted by Gasteiger charge is -2.45. The summed E-state index contributed by atoms with van der Waals surface area (Å²) in [7, 11) is 1.78. The number of likely N-dealkylation sites (N-methyl/N-ethyl adjacent to an activating group) is 1. The van der Waals surface area contributed by atoms with E-state index in [2.05, 4.69) is 4.98 Å². The van der Waals surface area contributed by atoms with Crippen molar-refractivity contribution in [3.63, 3.8) is 0 Å². The van der Waals surface area contributed by atoms with Crippen molar-refractivity contribution in [2.45, 2.75) is 45.0 Å². The number of halogens is 3. The third-order valence-corrected chi connectivity index (χ3v) is 5.49. The van der Waals surface area contributed by atoms with Gasteiger partial charge in [-0.1, -0.05) is 13.8 Å². The lowest BCUT2D eigenvalue weighted by molar-refractivity contribution is 0.0494. The summed E-state index contributed by atoms with van der Waals surface area (Å²) in [5, 5.41) is 19.7. The Labute approximate surface area is 167 Å². The molecule has 0 fully saturated rings. The Morgan fingerprint density at radius 2 is 2.07 bits per heavy atom. The quantitative estimate of drug-likeness (QED) is 0.813. The van der Waals surface area contributed by atoms with Gasteiger partial charge in [-0.25, -0.2) is 18.2 Å². The predicted molar refractivity (Wildman–Crippen MR) is 104 cm³/mol. The largest absolute Gasteiger partial charge is 0.387 e. The molecular weight excluding hydrogens is 381 g/mol. The molecule has 1 aromatic heterocycles. The molecule has 0 spiro atoms. The topological polar surface area (TPSA) is 65.1 Å². The Morgan fingerprint density at radius 3 is 2.66 bits per heavy atom. The number of hydrogen-bond donors (Lipinski definition) is 1. The lowest BCUT2D eigenvalue weighted by atomic mass is 9.73. The summed E-state index contributed by atoms with van der Waals surface area (Å²) in [6, 6.07) is 5.85. The SMILES string of the molecule is CN(c1ccc(C#N)c(C(F)C(F)F)c1)C1C=C(n2ccnc2)C(O)CC1(C)C. The first kappa shape index (κ1) is 20.9. The fourth-order valence-corrected chi connectivity index (χ4v) is 3.92. The normalized spacial score (nSPS) is 22.1. The van der Waals surface area contributed by atoms with Crippen LogP contribution in [0, 0.1) is 16.7 Å². The summed E-state index contributed by atoms with van der Waals surface area (Å²) in [6.45, 7) is 4.00. The number of hydrogen-bond acceptors (Lipinski definition) is 4. The van der Waals surface area contributed by atoms with E-state index < -0.39 is 18.7 Å². The summed E-state index contributed by atoms with van der Waals surface area (Å²) in [5.74, 6) is 0. The summed E-state index contributed by atoms with van der Waals surface area (Å²) < 4.78 is 41.7. The van der Waals surface area contributed by atoms with Crippen LogP contribution in [-0.2, 0) is 0 Å². The number of anilines is 1. The number of alkyl halides is 3. The minimum absolute atomic E-state index is 0.108. The second-order valence-electron chi connectivity index (χ2n) is 7.95. The zero-order chi connectivity index (χ0) is 21.3. The maximum atomic E-state index is 14.1. The first-order valence-electron chi connectivity index (χ1n) is 9.23. The summed E-state index contributed by atoms with van der Waals surface area (Å²) >= 11 is 0. The highest BCUT2D eigenvalue weighted by molar-refractivity contribution is 5.60. The maximum absolute atomic E-state index is 14.1. The van der Waals surface area contributed by atoms with E-state index in [0.29, 0.717) is 17.8 Å². The van der Waals surface area contributed by atoms with Crippen LogP contribution < -0.4 is 4.90 Å². The molecule has 1 aliphatic carbocycles. The molecule has 3 rings (SSSR count). The van der Waals surface area contributed by atoms with E-state index in [1.54, 1.807) is 42.5 Å². The molecule has 0 radical (unpaired) electrons. The Kier molecular flexibility index (Phi) is 5.71. The zero-order valence-electron chi connectivity index (χ0n) is 16.4. The highest BCUT2D eigenvalue weighted by Gasteiger charge is 2.39. The van der Waals surface area contributed by atoms with Crippen LogP contribution in [0.15, 0.2) is 43.0 Å². The predicted octanol–water partition coefficient (Wildman–Crippen LogP) is 4.17. The van der Waals surface area contributed by atoms with Crippen LogP contribution in [0.3, 0.4) is 0 Å². The molecular formula is C21H23F3N4O.